The van der Waals surface area contributed by atoms with Crippen LogP contribution in [0.2, 0.25) is 5.02 Å². The highest BCUT2D eigenvalue weighted by Crippen LogP contribution is 2.35. The van der Waals surface area contributed by atoms with E-state index < -0.39 is 6.04 Å². The molecule has 2 aromatic carbocycles. The van der Waals surface area contributed by atoms with Crippen LogP contribution in [0.25, 0.3) is 6.08 Å². The monoisotopic (exact) mass is 418 g/mol. The normalized spacial score (nSPS) is 16.7. The molecule has 1 aliphatic heterocycles. The molecule has 8 heteroatoms. The van der Waals surface area contributed by atoms with E-state index in [-0.39, 0.29) is 17.6 Å². The molecule has 1 aliphatic rings. The van der Waals surface area contributed by atoms with Gasteiger partial charge in [0.25, 0.3) is 5.91 Å². The van der Waals surface area contributed by atoms with E-state index in [2.05, 4.69) is 5.32 Å². The van der Waals surface area contributed by atoms with E-state index in [4.69, 9.17) is 23.8 Å². The maximum absolute atomic E-state index is 12.7. The van der Waals surface area contributed by atoms with Crippen molar-refractivity contribution < 1.29 is 14.7 Å². The van der Waals surface area contributed by atoms with Gasteiger partial charge in [0.1, 0.15) is 16.1 Å². The number of phenolic OH excluding ortho intramolecular Hbond substituents is 1. The number of thiocarbonyl (C=S) groups is 1. The minimum atomic E-state index is -0.788. The van der Waals surface area contributed by atoms with Gasteiger partial charge in [-0.2, -0.15) is 0 Å². The second-order valence-corrected chi connectivity index (χ2v) is 7.89. The lowest BCUT2D eigenvalue weighted by Gasteiger charge is -2.22. The Morgan fingerprint density at radius 1 is 1.26 bits per heavy atom. The van der Waals surface area contributed by atoms with Crippen molar-refractivity contribution in [1.29, 1.82) is 0 Å². The number of amides is 2. The molecule has 1 saturated heterocycles. The Hall–Kier alpha value is -2.35. The second-order valence-electron chi connectivity index (χ2n) is 5.78. The first-order valence-corrected chi connectivity index (χ1v) is 9.58. The first-order valence-electron chi connectivity index (χ1n) is 7.98. The number of nitrogens with one attached hydrogen (secondary N) is 1. The van der Waals surface area contributed by atoms with E-state index in [0.717, 1.165) is 11.8 Å². The summed E-state index contributed by atoms with van der Waals surface area (Å²) >= 11 is 12.2. The van der Waals surface area contributed by atoms with E-state index in [1.54, 1.807) is 55.5 Å². The Kier molecular flexibility index (Phi) is 5.84. The smallest absolute Gasteiger partial charge is 0.266 e. The van der Waals surface area contributed by atoms with Crippen molar-refractivity contribution in [2.75, 3.05) is 5.32 Å². The van der Waals surface area contributed by atoms with Crippen molar-refractivity contribution in [3.05, 3.63) is 64.0 Å². The van der Waals surface area contributed by atoms with Gasteiger partial charge in [0.2, 0.25) is 5.91 Å². The summed E-state index contributed by atoms with van der Waals surface area (Å²) in [5.41, 5.74) is 1.09. The summed E-state index contributed by atoms with van der Waals surface area (Å²) in [6.45, 7) is 1.61. The summed E-state index contributed by atoms with van der Waals surface area (Å²) in [5.74, 6) is -0.666. The largest absolute Gasteiger partial charge is 0.507 e. The van der Waals surface area contributed by atoms with Crippen molar-refractivity contribution in [1.82, 2.24) is 4.90 Å². The molecule has 2 N–H and O–H groups in total. The van der Waals surface area contributed by atoms with Crippen molar-refractivity contribution in [2.45, 2.75) is 13.0 Å². The standard InChI is InChI=1S/C19H15ClN2O3S2/c1-11(17(24)21-14-8-6-13(20)7-9-14)22-18(25)16(27-19(22)26)10-12-4-2-3-5-15(12)23/h2-11,23H,1H3,(H,21,24)/b16-10-. The van der Waals surface area contributed by atoms with Gasteiger partial charge in [0.15, 0.2) is 0 Å². The molecular formula is C19H15ClN2O3S2. The molecule has 138 valence electrons. The van der Waals surface area contributed by atoms with Gasteiger partial charge in [0, 0.05) is 16.3 Å². The van der Waals surface area contributed by atoms with Crippen LogP contribution in [0.5, 0.6) is 5.75 Å². The predicted molar refractivity (Wildman–Crippen MR) is 113 cm³/mol. The third-order valence-electron chi connectivity index (χ3n) is 3.93. The lowest BCUT2D eigenvalue weighted by molar-refractivity contribution is -0.129. The van der Waals surface area contributed by atoms with Crippen molar-refractivity contribution in [3.8, 4) is 5.75 Å². The quantitative estimate of drug-likeness (QED) is 0.573. The number of anilines is 1. The zero-order chi connectivity index (χ0) is 19.6. The molecular weight excluding hydrogens is 404 g/mol. The van der Waals surface area contributed by atoms with Crippen LogP contribution in [0.15, 0.2) is 53.4 Å². The predicted octanol–water partition coefficient (Wildman–Crippen LogP) is 4.27. The van der Waals surface area contributed by atoms with Crippen LogP contribution in [0.3, 0.4) is 0 Å². The van der Waals surface area contributed by atoms with Gasteiger partial charge in [-0.1, -0.05) is 53.8 Å². The number of thioether (sulfide) groups is 1. The number of hydrogen-bond donors (Lipinski definition) is 2. The topological polar surface area (TPSA) is 69.6 Å². The van der Waals surface area contributed by atoms with Crippen LogP contribution < -0.4 is 5.32 Å². The molecule has 1 heterocycles. The minimum Gasteiger partial charge on any atom is -0.507 e. The summed E-state index contributed by atoms with van der Waals surface area (Å²) in [7, 11) is 0. The van der Waals surface area contributed by atoms with E-state index in [9.17, 15) is 14.7 Å². The first kappa shape index (κ1) is 19.4. The highest BCUT2D eigenvalue weighted by Gasteiger charge is 2.38. The number of benzene rings is 2. The second kappa shape index (κ2) is 8.12. The van der Waals surface area contributed by atoms with Gasteiger partial charge in [-0.25, -0.2) is 0 Å². The maximum Gasteiger partial charge on any atom is 0.266 e. The maximum atomic E-state index is 12.7. The number of halogens is 1. The molecule has 0 saturated carbocycles. The summed E-state index contributed by atoms with van der Waals surface area (Å²) in [5, 5.41) is 13.2. The van der Waals surface area contributed by atoms with Crippen LogP contribution in [0.1, 0.15) is 12.5 Å². The highest BCUT2D eigenvalue weighted by atomic mass is 35.5. The molecule has 3 rings (SSSR count). The fourth-order valence-corrected chi connectivity index (χ4v) is 4.00. The van der Waals surface area contributed by atoms with Crippen LogP contribution in [-0.2, 0) is 9.59 Å². The summed E-state index contributed by atoms with van der Waals surface area (Å²) in [4.78, 5) is 26.9. The number of nitrogens with zero attached hydrogens (tertiary/aromatic N) is 1. The summed E-state index contributed by atoms with van der Waals surface area (Å²) in [6.07, 6.45) is 1.57. The Morgan fingerprint density at radius 3 is 2.59 bits per heavy atom. The van der Waals surface area contributed by atoms with E-state index in [1.807, 2.05) is 0 Å². The van der Waals surface area contributed by atoms with Gasteiger partial charge >= 0.3 is 0 Å². The van der Waals surface area contributed by atoms with Crippen LogP contribution in [-0.4, -0.2) is 32.2 Å². The van der Waals surface area contributed by atoms with Crippen molar-refractivity contribution >= 4 is 63.5 Å². The zero-order valence-electron chi connectivity index (χ0n) is 14.2. The molecule has 2 aromatic rings. The molecule has 0 spiro atoms. The molecule has 0 aliphatic carbocycles. The summed E-state index contributed by atoms with van der Waals surface area (Å²) < 4.78 is 0.292. The SMILES string of the molecule is CC(C(=O)Nc1ccc(Cl)cc1)N1C(=O)/C(=C/c2ccccc2O)SC1=S. The van der Waals surface area contributed by atoms with Crippen LogP contribution in [0, 0.1) is 0 Å². The number of carbonyl (C=O) groups excluding carboxylic acids is 2. The molecule has 1 fully saturated rings. The lowest BCUT2D eigenvalue weighted by atomic mass is 10.2. The van der Waals surface area contributed by atoms with Crippen molar-refractivity contribution in [3.63, 3.8) is 0 Å². The Bertz CT molecular complexity index is 944. The molecule has 27 heavy (non-hydrogen) atoms. The van der Waals surface area contributed by atoms with Gasteiger partial charge in [-0.15, -0.1) is 0 Å². The number of hydrogen-bond acceptors (Lipinski definition) is 5. The van der Waals surface area contributed by atoms with Crippen LogP contribution in [0.4, 0.5) is 5.69 Å². The Balaban J connectivity index is 1.77. The zero-order valence-corrected chi connectivity index (χ0v) is 16.6. The molecule has 1 atom stereocenters. The van der Waals surface area contributed by atoms with E-state index in [0.29, 0.717) is 25.5 Å². The lowest BCUT2D eigenvalue weighted by Crippen LogP contribution is -2.44. The average Bonchev–Trinajstić information content (AvgIpc) is 2.92. The first-order chi connectivity index (χ1) is 12.9. The molecule has 0 radical (unpaired) electrons. The summed E-state index contributed by atoms with van der Waals surface area (Å²) in [6, 6.07) is 12.6. The number of carbonyl (C=O) groups is 2. The highest BCUT2D eigenvalue weighted by molar-refractivity contribution is 8.26. The number of aromatic hydroxyl groups is 1. The van der Waals surface area contributed by atoms with Gasteiger partial charge in [-0.05, 0) is 43.3 Å². The van der Waals surface area contributed by atoms with E-state index >= 15 is 0 Å². The Morgan fingerprint density at radius 2 is 1.93 bits per heavy atom. The van der Waals surface area contributed by atoms with Gasteiger partial charge < -0.3 is 10.4 Å². The number of phenols is 1. The van der Waals surface area contributed by atoms with Gasteiger partial charge in [-0.3, -0.25) is 14.5 Å². The Labute approximate surface area is 171 Å². The van der Waals surface area contributed by atoms with E-state index in [1.165, 1.54) is 11.0 Å². The number of rotatable bonds is 4. The minimum absolute atomic E-state index is 0.0660. The fourth-order valence-electron chi connectivity index (χ4n) is 2.46. The van der Waals surface area contributed by atoms with Crippen molar-refractivity contribution in [2.24, 2.45) is 0 Å². The molecule has 5 nitrogen and oxygen atoms in total. The molecule has 0 aromatic heterocycles. The molecule has 1 unspecified atom stereocenters. The fraction of sp³-hybridized carbons (Fsp3) is 0.105. The number of para-hydroxylation sites is 1. The van der Waals surface area contributed by atoms with Gasteiger partial charge in [0.05, 0.1) is 4.91 Å². The molecule has 2 amide bonds. The third kappa shape index (κ3) is 4.32. The third-order valence-corrected chi connectivity index (χ3v) is 5.51. The average molecular weight is 419 g/mol. The molecule has 0 bridgehead atoms. The van der Waals surface area contributed by atoms with Crippen LogP contribution >= 0.6 is 35.6 Å².